The van der Waals surface area contributed by atoms with Crippen LogP contribution in [-0.4, -0.2) is 10.1 Å². The molecule has 1 aromatic heterocycles. The fourth-order valence-electron chi connectivity index (χ4n) is 4.05. The lowest BCUT2D eigenvalue weighted by Gasteiger charge is -2.26. The average Bonchev–Trinajstić information content (AvgIpc) is 2.64. The Labute approximate surface area is 172 Å². The molecule has 1 atom stereocenters. The molecule has 1 N–H and O–H groups in total. The molecule has 2 nitrogen and oxygen atoms in total. The number of aromatic nitrogens is 1. The van der Waals surface area contributed by atoms with Crippen LogP contribution in [0.25, 0.3) is 11.1 Å². The summed E-state index contributed by atoms with van der Waals surface area (Å²) in [5, 5.41) is 10.8. The zero-order chi connectivity index (χ0) is 20.8. The highest BCUT2D eigenvalue weighted by atomic mass is 16.3. The van der Waals surface area contributed by atoms with E-state index in [1.54, 1.807) is 0 Å². The third kappa shape index (κ3) is 5.23. The summed E-state index contributed by atoms with van der Waals surface area (Å²) in [7, 11) is 0. The Kier molecular flexibility index (Phi) is 8.24. The molecule has 2 heteroatoms. The van der Waals surface area contributed by atoms with E-state index in [0.29, 0.717) is 5.92 Å². The Hall–Kier alpha value is -1.67. The molecule has 0 radical (unpaired) electrons. The molecule has 0 aliphatic heterocycles. The summed E-state index contributed by atoms with van der Waals surface area (Å²) in [5.74, 6) is 0.645. The molecule has 0 saturated heterocycles. The van der Waals surface area contributed by atoms with Gasteiger partial charge in [0.25, 0.3) is 0 Å². The van der Waals surface area contributed by atoms with Crippen molar-refractivity contribution in [3.05, 3.63) is 52.3 Å². The number of pyridine rings is 1. The fraction of sp³-hybridized carbons (Fsp3) is 0.577. The summed E-state index contributed by atoms with van der Waals surface area (Å²) in [4.78, 5) is 5.14. The van der Waals surface area contributed by atoms with Gasteiger partial charge in [0.05, 0.1) is 6.10 Å². The minimum absolute atomic E-state index is 0.278. The summed E-state index contributed by atoms with van der Waals surface area (Å²) < 4.78 is 0. The fourth-order valence-corrected chi connectivity index (χ4v) is 4.05. The van der Waals surface area contributed by atoms with Crippen molar-refractivity contribution in [2.45, 2.75) is 98.5 Å². The third-order valence-corrected chi connectivity index (χ3v) is 5.53. The van der Waals surface area contributed by atoms with Gasteiger partial charge in [-0.3, -0.25) is 4.98 Å². The second kappa shape index (κ2) is 10.2. The van der Waals surface area contributed by atoms with Gasteiger partial charge in [0.2, 0.25) is 0 Å². The minimum Gasteiger partial charge on any atom is -0.389 e. The molecule has 1 unspecified atom stereocenters. The smallest absolute Gasteiger partial charge is 0.0785 e. The van der Waals surface area contributed by atoms with Crippen molar-refractivity contribution in [1.29, 1.82) is 0 Å². The van der Waals surface area contributed by atoms with Crippen LogP contribution in [0.5, 0.6) is 0 Å². The number of hydrogen-bond acceptors (Lipinski definition) is 2. The van der Waals surface area contributed by atoms with E-state index in [2.05, 4.69) is 65.8 Å². The number of unbranched alkanes of at least 4 members (excludes halogenated alkanes) is 3. The number of nitrogens with zero attached hydrogens (tertiary/aromatic N) is 1. The maximum atomic E-state index is 10.8. The zero-order valence-electron chi connectivity index (χ0n) is 19.0. The van der Waals surface area contributed by atoms with E-state index >= 15 is 0 Å². The summed E-state index contributed by atoms with van der Waals surface area (Å²) in [5.41, 5.74) is 8.32. The van der Waals surface area contributed by atoms with Crippen LogP contribution in [0.3, 0.4) is 0 Å². The Balaban J connectivity index is 2.77. The van der Waals surface area contributed by atoms with Crippen molar-refractivity contribution in [3.63, 3.8) is 0 Å². The maximum Gasteiger partial charge on any atom is 0.0785 e. The largest absolute Gasteiger partial charge is 0.389 e. The Morgan fingerprint density at radius 1 is 0.857 bits per heavy atom. The number of benzene rings is 1. The lowest BCUT2D eigenvalue weighted by molar-refractivity contribution is 0.197. The molecule has 1 heterocycles. The van der Waals surface area contributed by atoms with Crippen molar-refractivity contribution in [2.75, 3.05) is 0 Å². The number of aliphatic hydroxyl groups is 1. The van der Waals surface area contributed by atoms with Gasteiger partial charge in [-0.2, -0.15) is 0 Å². The van der Waals surface area contributed by atoms with Gasteiger partial charge in [0.1, 0.15) is 0 Å². The SMILES string of the molecule is CCCCCCc1c(C(C)C)nc(C(C)C)c(C(C)O)c1-c1ccc(C)cc1. The summed E-state index contributed by atoms with van der Waals surface area (Å²) in [6.45, 7) is 15.1. The zero-order valence-corrected chi connectivity index (χ0v) is 19.0. The lowest BCUT2D eigenvalue weighted by atomic mass is 9.83. The van der Waals surface area contributed by atoms with Crippen molar-refractivity contribution in [3.8, 4) is 11.1 Å². The Morgan fingerprint density at radius 3 is 1.96 bits per heavy atom. The van der Waals surface area contributed by atoms with E-state index < -0.39 is 6.10 Å². The first-order chi connectivity index (χ1) is 13.3. The number of aryl methyl sites for hydroxylation is 1. The van der Waals surface area contributed by atoms with Crippen LogP contribution in [0, 0.1) is 6.92 Å². The van der Waals surface area contributed by atoms with E-state index in [-0.39, 0.29) is 5.92 Å². The predicted molar refractivity (Wildman–Crippen MR) is 121 cm³/mol. The molecule has 154 valence electrons. The molecule has 2 aromatic rings. The van der Waals surface area contributed by atoms with Crippen LogP contribution in [0.4, 0.5) is 0 Å². The van der Waals surface area contributed by atoms with Crippen LogP contribution in [0.15, 0.2) is 24.3 Å². The second-order valence-electron chi connectivity index (χ2n) is 8.81. The molecule has 0 saturated carbocycles. The number of aliphatic hydroxyl groups excluding tert-OH is 1. The first-order valence-corrected chi connectivity index (χ1v) is 11.1. The Morgan fingerprint density at radius 2 is 1.46 bits per heavy atom. The van der Waals surface area contributed by atoms with Crippen LogP contribution in [-0.2, 0) is 6.42 Å². The molecule has 2 rings (SSSR count). The first kappa shape index (κ1) is 22.6. The molecular weight excluding hydrogens is 342 g/mol. The first-order valence-electron chi connectivity index (χ1n) is 11.1. The van der Waals surface area contributed by atoms with E-state index in [1.807, 2.05) is 6.92 Å². The maximum absolute atomic E-state index is 10.8. The highest BCUT2D eigenvalue weighted by Gasteiger charge is 2.25. The molecule has 0 spiro atoms. The summed E-state index contributed by atoms with van der Waals surface area (Å²) >= 11 is 0. The Bertz CT molecular complexity index is 757. The van der Waals surface area contributed by atoms with Gasteiger partial charge in [0.15, 0.2) is 0 Å². The van der Waals surface area contributed by atoms with E-state index in [9.17, 15) is 5.11 Å². The molecule has 0 amide bonds. The predicted octanol–water partition coefficient (Wildman–Crippen LogP) is 7.48. The standard InChI is InChI=1S/C26H39NO/c1-8-9-10-11-12-22-24(21-15-13-19(6)14-16-21)23(20(7)28)26(18(4)5)27-25(22)17(2)3/h13-18,20,28H,8-12H2,1-7H3. The van der Waals surface area contributed by atoms with Gasteiger partial charge in [-0.15, -0.1) is 0 Å². The van der Waals surface area contributed by atoms with Gasteiger partial charge in [-0.25, -0.2) is 0 Å². The van der Waals surface area contributed by atoms with Crippen molar-refractivity contribution in [1.82, 2.24) is 4.98 Å². The molecular formula is C26H39NO. The van der Waals surface area contributed by atoms with Crippen LogP contribution in [0.2, 0.25) is 0 Å². The van der Waals surface area contributed by atoms with E-state index in [1.165, 1.54) is 53.6 Å². The van der Waals surface area contributed by atoms with E-state index in [4.69, 9.17) is 4.98 Å². The second-order valence-corrected chi connectivity index (χ2v) is 8.81. The highest BCUT2D eigenvalue weighted by molar-refractivity contribution is 5.74. The number of rotatable bonds is 9. The average molecular weight is 382 g/mol. The molecule has 0 bridgehead atoms. The molecule has 0 aliphatic rings. The normalized spacial score (nSPS) is 12.8. The van der Waals surface area contributed by atoms with Crippen molar-refractivity contribution < 1.29 is 5.11 Å². The quantitative estimate of drug-likeness (QED) is 0.457. The van der Waals surface area contributed by atoms with Crippen molar-refractivity contribution >= 4 is 0 Å². The van der Waals surface area contributed by atoms with Gasteiger partial charge >= 0.3 is 0 Å². The monoisotopic (exact) mass is 381 g/mol. The summed E-state index contributed by atoms with van der Waals surface area (Å²) in [6, 6.07) is 8.76. The topological polar surface area (TPSA) is 33.1 Å². The van der Waals surface area contributed by atoms with Crippen LogP contribution >= 0.6 is 0 Å². The van der Waals surface area contributed by atoms with E-state index in [0.717, 1.165) is 17.7 Å². The van der Waals surface area contributed by atoms with Gasteiger partial charge in [-0.1, -0.05) is 83.7 Å². The summed E-state index contributed by atoms with van der Waals surface area (Å²) in [6.07, 6.45) is 5.44. The molecule has 28 heavy (non-hydrogen) atoms. The number of hydrogen-bond donors (Lipinski definition) is 1. The van der Waals surface area contributed by atoms with Crippen LogP contribution < -0.4 is 0 Å². The van der Waals surface area contributed by atoms with Crippen molar-refractivity contribution in [2.24, 2.45) is 0 Å². The van der Waals surface area contributed by atoms with Gasteiger partial charge in [0, 0.05) is 17.0 Å². The highest BCUT2D eigenvalue weighted by Crippen LogP contribution is 2.40. The molecule has 1 aromatic carbocycles. The molecule has 0 fully saturated rings. The van der Waals surface area contributed by atoms with Gasteiger partial charge < -0.3 is 5.11 Å². The molecule has 0 aliphatic carbocycles. The lowest BCUT2D eigenvalue weighted by Crippen LogP contribution is -2.14. The third-order valence-electron chi connectivity index (χ3n) is 5.53. The minimum atomic E-state index is -0.531. The van der Waals surface area contributed by atoms with Crippen LogP contribution in [0.1, 0.15) is 113 Å². The van der Waals surface area contributed by atoms with Gasteiger partial charge in [-0.05, 0) is 55.2 Å².